The molecular formula is C9H12BrN3O4S. The minimum atomic E-state index is -3.59. The van der Waals surface area contributed by atoms with Gasteiger partial charge >= 0.3 is 16.2 Å². The Morgan fingerprint density at radius 2 is 2.17 bits per heavy atom. The van der Waals surface area contributed by atoms with Gasteiger partial charge < -0.3 is 4.74 Å². The van der Waals surface area contributed by atoms with E-state index in [0.29, 0.717) is 5.69 Å². The van der Waals surface area contributed by atoms with Crippen LogP contribution in [-0.2, 0) is 19.7 Å². The van der Waals surface area contributed by atoms with Crippen molar-refractivity contribution >= 4 is 38.2 Å². The number of carbonyl (C=O) groups is 1. The number of halogens is 1. The average Bonchev–Trinajstić information content (AvgIpc) is 2.76. The second-order valence-corrected chi connectivity index (χ2v) is 6.30. The summed E-state index contributed by atoms with van der Waals surface area (Å²) in [5.74, 6) is -0.569. The Bertz CT molecular complexity index is 576. The molecule has 0 aliphatic carbocycles. The van der Waals surface area contributed by atoms with Gasteiger partial charge in [-0.25, -0.2) is 13.8 Å². The number of ether oxygens (including phenoxy) is 1. The number of carbonyl (C=O) groups excluding carboxylic acids is 1. The molecule has 1 heterocycles. The van der Waals surface area contributed by atoms with E-state index in [1.54, 1.807) is 0 Å². The van der Waals surface area contributed by atoms with Gasteiger partial charge in [0.1, 0.15) is 10.8 Å². The van der Waals surface area contributed by atoms with E-state index in [1.807, 2.05) is 0 Å². The van der Waals surface area contributed by atoms with E-state index in [9.17, 15) is 13.2 Å². The largest absolute Gasteiger partial charge is 0.465 e. The van der Waals surface area contributed by atoms with Crippen LogP contribution in [0, 0.1) is 0 Å². The lowest BCUT2D eigenvalue weighted by atomic mass is 10.4. The summed E-state index contributed by atoms with van der Waals surface area (Å²) in [5.41, 5.74) is 0.317. The average molecular weight is 338 g/mol. The number of esters is 1. The van der Waals surface area contributed by atoms with E-state index >= 15 is 0 Å². The summed E-state index contributed by atoms with van der Waals surface area (Å²) in [6.45, 7) is 0. The van der Waals surface area contributed by atoms with Gasteiger partial charge in [0.05, 0.1) is 12.8 Å². The number of imidazole rings is 1. The third-order valence-electron chi connectivity index (χ3n) is 1.96. The predicted molar refractivity (Wildman–Crippen MR) is 69.2 cm³/mol. The van der Waals surface area contributed by atoms with E-state index in [1.165, 1.54) is 33.5 Å². The number of methoxy groups -OCH3 is 1. The highest BCUT2D eigenvalue weighted by Gasteiger charge is 2.16. The first-order chi connectivity index (χ1) is 8.28. The lowest BCUT2D eigenvalue weighted by molar-refractivity contribution is -0.135. The summed E-state index contributed by atoms with van der Waals surface area (Å²) in [6.07, 6.45) is 3.81. The van der Waals surface area contributed by atoms with Gasteiger partial charge in [-0.1, -0.05) is 0 Å². The zero-order valence-electron chi connectivity index (χ0n) is 9.99. The maximum Gasteiger partial charge on any atom is 0.345 e. The molecule has 0 spiro atoms. The van der Waals surface area contributed by atoms with Gasteiger partial charge in [-0.3, -0.25) is 0 Å². The standard InChI is InChI=1S/C9H12BrN3O4S/c1-12(2)18(15,16)13-5-7(11-6-13)4-8(10)9(14)17-3/h4-6H,1-3H3/b8-4-. The monoisotopic (exact) mass is 337 g/mol. The molecule has 0 fully saturated rings. The Morgan fingerprint density at radius 1 is 1.56 bits per heavy atom. The second kappa shape index (κ2) is 5.63. The lowest BCUT2D eigenvalue weighted by Gasteiger charge is -2.10. The highest BCUT2D eigenvalue weighted by Crippen LogP contribution is 2.13. The van der Waals surface area contributed by atoms with Crippen molar-refractivity contribution in [2.24, 2.45) is 0 Å². The predicted octanol–water partition coefficient (Wildman–Crippen LogP) is 0.446. The molecule has 0 amide bonds. The maximum absolute atomic E-state index is 11.7. The normalized spacial score (nSPS) is 12.8. The van der Waals surface area contributed by atoms with Gasteiger partial charge in [-0.15, -0.1) is 0 Å². The molecule has 7 nitrogen and oxygen atoms in total. The third kappa shape index (κ3) is 3.18. The molecule has 0 saturated carbocycles. The van der Waals surface area contributed by atoms with Crippen molar-refractivity contribution in [1.29, 1.82) is 0 Å². The second-order valence-electron chi connectivity index (χ2n) is 3.40. The number of rotatable bonds is 4. The fraction of sp³-hybridized carbons (Fsp3) is 0.333. The van der Waals surface area contributed by atoms with Gasteiger partial charge in [0.25, 0.3) is 0 Å². The molecule has 1 rings (SSSR count). The molecule has 0 aromatic carbocycles. The zero-order valence-corrected chi connectivity index (χ0v) is 12.4. The molecule has 100 valence electrons. The Labute approximate surface area is 113 Å². The fourth-order valence-electron chi connectivity index (χ4n) is 0.996. The minimum absolute atomic E-state index is 0.150. The van der Waals surface area contributed by atoms with Crippen molar-refractivity contribution in [2.45, 2.75) is 0 Å². The summed E-state index contributed by atoms with van der Waals surface area (Å²) < 4.78 is 30.1. The molecule has 0 atom stereocenters. The number of hydrogen-bond donors (Lipinski definition) is 0. The van der Waals surface area contributed by atoms with Crippen molar-refractivity contribution < 1.29 is 17.9 Å². The molecule has 0 bridgehead atoms. The van der Waals surface area contributed by atoms with Crippen molar-refractivity contribution in [3.63, 3.8) is 0 Å². The lowest BCUT2D eigenvalue weighted by Crippen LogP contribution is -2.27. The van der Waals surface area contributed by atoms with Crippen LogP contribution >= 0.6 is 15.9 Å². The zero-order chi connectivity index (χ0) is 13.9. The summed E-state index contributed by atoms with van der Waals surface area (Å²) in [5, 5.41) is 0. The molecule has 0 unspecified atom stereocenters. The molecule has 1 aromatic heterocycles. The summed E-state index contributed by atoms with van der Waals surface area (Å²) in [7, 11) is 0.476. The van der Waals surface area contributed by atoms with Crippen molar-refractivity contribution in [1.82, 2.24) is 13.3 Å². The molecule has 0 radical (unpaired) electrons. The number of nitrogens with zero attached hydrogens (tertiary/aromatic N) is 3. The number of aromatic nitrogens is 2. The van der Waals surface area contributed by atoms with Crippen LogP contribution in [0.2, 0.25) is 0 Å². The Hall–Kier alpha value is -1.19. The smallest absolute Gasteiger partial charge is 0.345 e. The van der Waals surface area contributed by atoms with Crippen molar-refractivity contribution in [2.75, 3.05) is 21.2 Å². The Morgan fingerprint density at radius 3 is 2.67 bits per heavy atom. The summed E-state index contributed by atoms with van der Waals surface area (Å²) in [4.78, 5) is 15.0. The summed E-state index contributed by atoms with van der Waals surface area (Å²) >= 11 is 3.01. The Balaban J connectivity index is 3.06. The SMILES string of the molecule is COC(=O)/C(Br)=C/c1cn(S(=O)(=O)N(C)C)cn1. The first kappa shape index (κ1) is 14.9. The van der Waals surface area contributed by atoms with Crippen LogP contribution in [0.25, 0.3) is 6.08 Å². The third-order valence-corrected chi connectivity index (χ3v) is 4.17. The molecule has 0 aliphatic heterocycles. The van der Waals surface area contributed by atoms with Gasteiger partial charge in [-0.05, 0) is 22.0 Å². The van der Waals surface area contributed by atoms with E-state index in [2.05, 4.69) is 25.7 Å². The van der Waals surface area contributed by atoms with Crippen molar-refractivity contribution in [3.05, 3.63) is 22.7 Å². The molecule has 18 heavy (non-hydrogen) atoms. The molecule has 9 heteroatoms. The van der Waals surface area contributed by atoms with Crippen LogP contribution in [0.4, 0.5) is 0 Å². The molecule has 1 aromatic rings. The maximum atomic E-state index is 11.7. The summed E-state index contributed by atoms with van der Waals surface area (Å²) in [6, 6.07) is 0. The quantitative estimate of drug-likeness (QED) is 0.588. The topological polar surface area (TPSA) is 81.5 Å². The first-order valence-electron chi connectivity index (χ1n) is 4.71. The minimum Gasteiger partial charge on any atom is -0.465 e. The van der Waals surface area contributed by atoms with Crippen LogP contribution in [0.15, 0.2) is 17.0 Å². The molecular weight excluding hydrogens is 326 g/mol. The van der Waals surface area contributed by atoms with Crippen molar-refractivity contribution in [3.8, 4) is 0 Å². The van der Waals surface area contributed by atoms with E-state index in [4.69, 9.17) is 0 Å². The van der Waals surface area contributed by atoms with Crippen LogP contribution in [0.1, 0.15) is 5.69 Å². The highest BCUT2D eigenvalue weighted by atomic mass is 79.9. The van der Waals surface area contributed by atoms with Crippen LogP contribution in [-0.4, -0.2) is 48.9 Å². The van der Waals surface area contributed by atoms with Crippen LogP contribution < -0.4 is 0 Å². The first-order valence-corrected chi connectivity index (χ1v) is 6.90. The van der Waals surface area contributed by atoms with E-state index < -0.39 is 16.2 Å². The molecule has 0 N–H and O–H groups in total. The van der Waals surface area contributed by atoms with Gasteiger partial charge in [0.2, 0.25) is 0 Å². The van der Waals surface area contributed by atoms with Crippen LogP contribution in [0.3, 0.4) is 0 Å². The van der Waals surface area contributed by atoms with E-state index in [-0.39, 0.29) is 4.48 Å². The van der Waals surface area contributed by atoms with Gasteiger partial charge in [-0.2, -0.15) is 12.7 Å². The fourth-order valence-corrected chi connectivity index (χ4v) is 2.18. The van der Waals surface area contributed by atoms with Gasteiger partial charge in [0, 0.05) is 20.3 Å². The molecule has 0 saturated heterocycles. The van der Waals surface area contributed by atoms with Crippen LogP contribution in [0.5, 0.6) is 0 Å². The van der Waals surface area contributed by atoms with E-state index in [0.717, 1.165) is 14.6 Å². The Kier molecular flexibility index (Phi) is 4.65. The molecule has 0 aliphatic rings. The highest BCUT2D eigenvalue weighted by molar-refractivity contribution is 9.12. The number of hydrogen-bond acceptors (Lipinski definition) is 5. The van der Waals surface area contributed by atoms with Gasteiger partial charge in [0.15, 0.2) is 0 Å².